The number of rotatable bonds is 5. The predicted octanol–water partition coefficient (Wildman–Crippen LogP) is 3.27. The average Bonchev–Trinajstić information content (AvgIpc) is 3.04. The molecule has 2 aromatic carbocycles. The molecular formula is C21H20N2O4S2. The number of fused-ring (bicyclic) bond motifs is 1. The van der Waals surface area contributed by atoms with Gasteiger partial charge in [-0.1, -0.05) is 17.3 Å². The first kappa shape index (κ1) is 20.8. The molecule has 0 spiro atoms. The Labute approximate surface area is 173 Å². The number of terminal acetylenes is 1. The van der Waals surface area contributed by atoms with Crippen LogP contribution in [0.3, 0.4) is 0 Å². The van der Waals surface area contributed by atoms with E-state index in [4.69, 9.17) is 11.2 Å². The third-order valence-corrected chi connectivity index (χ3v) is 7.60. The zero-order valence-electron chi connectivity index (χ0n) is 16.2. The van der Waals surface area contributed by atoms with Crippen molar-refractivity contribution < 1.29 is 17.9 Å². The Morgan fingerprint density at radius 2 is 1.93 bits per heavy atom. The van der Waals surface area contributed by atoms with Crippen molar-refractivity contribution >= 4 is 37.3 Å². The number of ether oxygens (including phenoxy) is 1. The molecule has 0 unspecified atom stereocenters. The molecule has 0 atom stereocenters. The van der Waals surface area contributed by atoms with E-state index in [0.717, 1.165) is 10.2 Å². The molecule has 0 N–H and O–H groups in total. The lowest BCUT2D eigenvalue weighted by Crippen LogP contribution is -2.17. The van der Waals surface area contributed by atoms with Crippen molar-refractivity contribution in [2.45, 2.75) is 30.5 Å². The van der Waals surface area contributed by atoms with E-state index in [1.165, 1.54) is 35.6 Å². The molecule has 6 nitrogen and oxygen atoms in total. The molecule has 150 valence electrons. The second-order valence-electron chi connectivity index (χ2n) is 6.54. The number of methoxy groups -OCH3 is 1. The topological polar surface area (TPSA) is 77.7 Å². The van der Waals surface area contributed by atoms with Gasteiger partial charge in [-0.2, -0.15) is 4.99 Å². The summed E-state index contributed by atoms with van der Waals surface area (Å²) in [6.07, 6.45) is 5.49. The fourth-order valence-corrected chi connectivity index (χ4v) is 4.84. The summed E-state index contributed by atoms with van der Waals surface area (Å²) in [6.45, 7) is 3.50. The van der Waals surface area contributed by atoms with Gasteiger partial charge in [0, 0.05) is 5.56 Å². The van der Waals surface area contributed by atoms with E-state index in [-0.39, 0.29) is 11.4 Å². The molecule has 0 radical (unpaired) electrons. The highest BCUT2D eigenvalue weighted by molar-refractivity contribution is 7.92. The molecule has 3 aromatic rings. The third-order valence-electron chi connectivity index (χ3n) is 4.39. The largest absolute Gasteiger partial charge is 0.497 e. The molecule has 0 aliphatic rings. The first-order chi connectivity index (χ1) is 13.8. The Kier molecular flexibility index (Phi) is 5.91. The maximum atomic E-state index is 12.7. The molecule has 1 aromatic heterocycles. The van der Waals surface area contributed by atoms with Crippen molar-refractivity contribution in [1.82, 2.24) is 4.57 Å². The number of nitrogens with zero attached hydrogens (tertiary/aromatic N) is 2. The van der Waals surface area contributed by atoms with E-state index < -0.39 is 21.0 Å². The molecule has 8 heteroatoms. The van der Waals surface area contributed by atoms with Crippen LogP contribution in [0, 0.1) is 12.3 Å². The van der Waals surface area contributed by atoms with Crippen LogP contribution in [0.1, 0.15) is 24.2 Å². The Balaban J connectivity index is 2.03. The lowest BCUT2D eigenvalue weighted by molar-refractivity contribution is 0.0998. The Morgan fingerprint density at radius 1 is 1.24 bits per heavy atom. The van der Waals surface area contributed by atoms with Gasteiger partial charge in [-0.15, -0.1) is 6.42 Å². The predicted molar refractivity (Wildman–Crippen MR) is 114 cm³/mol. The number of benzene rings is 2. The van der Waals surface area contributed by atoms with E-state index >= 15 is 0 Å². The Bertz CT molecular complexity index is 1270. The van der Waals surface area contributed by atoms with Gasteiger partial charge in [-0.25, -0.2) is 8.42 Å². The lowest BCUT2D eigenvalue weighted by atomic mass is 10.2. The van der Waals surface area contributed by atoms with Gasteiger partial charge in [-0.05, 0) is 56.3 Å². The van der Waals surface area contributed by atoms with Crippen LogP contribution in [-0.4, -0.2) is 31.3 Å². The SMILES string of the molecule is C#CCn1c(=NC(=O)c2ccc(S(=O)(=O)C(C)C)cc2)sc2cc(OC)ccc21. The molecule has 0 saturated heterocycles. The summed E-state index contributed by atoms with van der Waals surface area (Å²) in [5.74, 6) is 2.81. The Hall–Kier alpha value is -2.89. The van der Waals surface area contributed by atoms with E-state index in [1.807, 2.05) is 18.2 Å². The number of amides is 1. The fourth-order valence-electron chi connectivity index (χ4n) is 2.72. The number of hydrogen-bond acceptors (Lipinski definition) is 5. The van der Waals surface area contributed by atoms with Gasteiger partial charge in [0.2, 0.25) is 0 Å². The number of thiazole rings is 1. The van der Waals surface area contributed by atoms with Crippen LogP contribution >= 0.6 is 11.3 Å². The summed E-state index contributed by atoms with van der Waals surface area (Å²) < 4.78 is 32.4. The summed E-state index contributed by atoms with van der Waals surface area (Å²) in [6, 6.07) is 11.4. The summed E-state index contributed by atoms with van der Waals surface area (Å²) in [5.41, 5.74) is 1.16. The van der Waals surface area contributed by atoms with Crippen LogP contribution in [0.5, 0.6) is 5.75 Å². The molecule has 3 rings (SSSR count). The van der Waals surface area contributed by atoms with E-state index in [2.05, 4.69) is 10.9 Å². The molecule has 0 saturated carbocycles. The van der Waals surface area contributed by atoms with E-state index in [1.54, 1.807) is 25.5 Å². The first-order valence-corrected chi connectivity index (χ1v) is 11.2. The minimum atomic E-state index is -3.39. The molecule has 0 bridgehead atoms. The third kappa shape index (κ3) is 4.11. The molecule has 1 heterocycles. The zero-order chi connectivity index (χ0) is 21.2. The maximum Gasteiger partial charge on any atom is 0.279 e. The maximum absolute atomic E-state index is 12.7. The molecule has 0 fully saturated rings. The quantitative estimate of drug-likeness (QED) is 0.585. The molecule has 0 aliphatic carbocycles. The van der Waals surface area contributed by atoms with Crippen LogP contribution in [0.4, 0.5) is 0 Å². The van der Waals surface area contributed by atoms with Crippen LogP contribution in [0.15, 0.2) is 52.4 Å². The standard InChI is InChI=1S/C21H20N2O4S2/c1-5-12-23-18-11-8-16(27-4)13-19(18)28-21(23)22-20(24)15-6-9-17(10-7-15)29(25,26)14(2)3/h1,6-11,13-14H,12H2,2-4H3. The number of carbonyl (C=O) groups is 1. The number of sulfone groups is 1. The van der Waals surface area contributed by atoms with Crippen molar-refractivity contribution in [1.29, 1.82) is 0 Å². The van der Waals surface area contributed by atoms with E-state index in [9.17, 15) is 13.2 Å². The van der Waals surface area contributed by atoms with Crippen molar-refractivity contribution in [2.24, 2.45) is 4.99 Å². The normalized spacial score (nSPS) is 12.3. The van der Waals surface area contributed by atoms with Gasteiger partial charge >= 0.3 is 0 Å². The van der Waals surface area contributed by atoms with E-state index in [0.29, 0.717) is 16.1 Å². The molecule has 0 aliphatic heterocycles. The van der Waals surface area contributed by atoms with Crippen molar-refractivity contribution in [2.75, 3.05) is 7.11 Å². The number of carbonyl (C=O) groups excluding carboxylic acids is 1. The highest BCUT2D eigenvalue weighted by Crippen LogP contribution is 2.23. The van der Waals surface area contributed by atoms with Gasteiger partial charge in [0.05, 0.1) is 34.0 Å². The highest BCUT2D eigenvalue weighted by Gasteiger charge is 2.19. The average molecular weight is 429 g/mol. The van der Waals surface area contributed by atoms with Crippen molar-refractivity contribution in [3.63, 3.8) is 0 Å². The number of hydrogen-bond donors (Lipinski definition) is 0. The summed E-state index contributed by atoms with van der Waals surface area (Å²) in [5, 5.41) is -0.535. The van der Waals surface area contributed by atoms with Gasteiger partial charge in [-0.3, -0.25) is 4.79 Å². The summed E-state index contributed by atoms with van der Waals surface area (Å²) in [4.78, 5) is 17.5. The summed E-state index contributed by atoms with van der Waals surface area (Å²) in [7, 11) is -1.81. The Morgan fingerprint density at radius 3 is 2.52 bits per heavy atom. The summed E-state index contributed by atoms with van der Waals surface area (Å²) >= 11 is 1.33. The van der Waals surface area contributed by atoms with Gasteiger partial charge in [0.15, 0.2) is 14.6 Å². The first-order valence-electron chi connectivity index (χ1n) is 8.81. The fraction of sp³-hybridized carbons (Fsp3) is 0.238. The monoisotopic (exact) mass is 428 g/mol. The van der Waals surface area contributed by atoms with Gasteiger partial charge in [0.25, 0.3) is 5.91 Å². The second kappa shape index (κ2) is 8.23. The van der Waals surface area contributed by atoms with Crippen LogP contribution < -0.4 is 9.54 Å². The van der Waals surface area contributed by atoms with Crippen LogP contribution in [0.2, 0.25) is 0 Å². The van der Waals surface area contributed by atoms with Gasteiger partial charge < -0.3 is 9.30 Å². The minimum absolute atomic E-state index is 0.181. The van der Waals surface area contributed by atoms with Gasteiger partial charge in [0.1, 0.15) is 5.75 Å². The second-order valence-corrected chi connectivity index (χ2v) is 10.1. The molecular weight excluding hydrogens is 408 g/mol. The zero-order valence-corrected chi connectivity index (χ0v) is 17.9. The smallest absolute Gasteiger partial charge is 0.279 e. The minimum Gasteiger partial charge on any atom is -0.497 e. The lowest BCUT2D eigenvalue weighted by Gasteiger charge is -2.07. The van der Waals surface area contributed by atoms with Crippen molar-refractivity contribution in [3.05, 3.63) is 52.8 Å². The number of aromatic nitrogens is 1. The molecule has 29 heavy (non-hydrogen) atoms. The highest BCUT2D eigenvalue weighted by atomic mass is 32.2. The van der Waals surface area contributed by atoms with Crippen LogP contribution in [-0.2, 0) is 16.4 Å². The van der Waals surface area contributed by atoms with Crippen LogP contribution in [0.25, 0.3) is 10.2 Å². The molecule has 1 amide bonds. The van der Waals surface area contributed by atoms with Crippen molar-refractivity contribution in [3.8, 4) is 18.1 Å².